The molecule has 0 aromatic carbocycles. The molecule has 0 aliphatic carbocycles. The number of carbonyl (C=O) groups is 2. The lowest BCUT2D eigenvalue weighted by Gasteiger charge is -2.18. The number of ketones is 1. The summed E-state index contributed by atoms with van der Waals surface area (Å²) in [5.41, 5.74) is -0.538. The maximum Gasteiger partial charge on any atom is 0.313 e. The molecule has 3 nitrogen and oxygen atoms in total. The summed E-state index contributed by atoms with van der Waals surface area (Å²) in [6, 6.07) is 0. The molecule has 0 aromatic rings. The Hall–Kier alpha value is -1.30. The van der Waals surface area contributed by atoms with Crippen LogP contribution in [0.25, 0.3) is 0 Å². The van der Waals surface area contributed by atoms with Crippen LogP contribution in [-0.4, -0.2) is 17.4 Å². The molecule has 0 aliphatic heterocycles. The van der Waals surface area contributed by atoms with E-state index >= 15 is 0 Å². The van der Waals surface area contributed by atoms with Crippen molar-refractivity contribution in [2.24, 2.45) is 0 Å². The lowest BCUT2D eigenvalue weighted by atomic mass is 10.1. The highest BCUT2D eigenvalue weighted by atomic mass is 16.6. The van der Waals surface area contributed by atoms with Crippen molar-refractivity contribution >= 4 is 11.8 Å². The van der Waals surface area contributed by atoms with Crippen LogP contribution in [0.15, 0.2) is 0 Å². The van der Waals surface area contributed by atoms with Gasteiger partial charge < -0.3 is 4.74 Å². The predicted octanol–water partition coefficient (Wildman–Crippen LogP) is 1.70. The lowest BCUT2D eigenvalue weighted by Crippen LogP contribution is -2.25. The van der Waals surface area contributed by atoms with E-state index in [0.717, 1.165) is 0 Å². The van der Waals surface area contributed by atoms with Crippen molar-refractivity contribution < 1.29 is 14.3 Å². The van der Waals surface area contributed by atoms with Gasteiger partial charge in [0.2, 0.25) is 0 Å². The molecule has 0 fully saturated rings. The Morgan fingerprint density at radius 2 is 1.93 bits per heavy atom. The molecule has 0 unspecified atom stereocenters. The zero-order valence-corrected chi connectivity index (χ0v) is 8.92. The smallest absolute Gasteiger partial charge is 0.313 e. The zero-order chi connectivity index (χ0) is 11.2. The molecule has 0 amide bonds. The quantitative estimate of drug-likeness (QED) is 0.390. The summed E-state index contributed by atoms with van der Waals surface area (Å²) in [6.07, 6.45) is 5.43. The Morgan fingerprint density at radius 3 is 2.36 bits per heavy atom. The first-order valence-corrected chi connectivity index (χ1v) is 4.52. The molecule has 0 atom stereocenters. The highest BCUT2D eigenvalue weighted by Gasteiger charge is 2.18. The second-order valence-electron chi connectivity index (χ2n) is 4.01. The van der Waals surface area contributed by atoms with Crippen LogP contribution in [0.1, 0.15) is 40.0 Å². The molecule has 0 spiro atoms. The molecule has 0 rings (SSSR count). The number of Topliss-reactive ketones (excluding diaryl/α,β-unsaturated/α-hetero) is 1. The van der Waals surface area contributed by atoms with E-state index in [1.165, 1.54) is 0 Å². The van der Waals surface area contributed by atoms with E-state index in [9.17, 15) is 9.59 Å². The van der Waals surface area contributed by atoms with Crippen LogP contribution >= 0.6 is 0 Å². The number of terminal acetylenes is 1. The van der Waals surface area contributed by atoms with Crippen molar-refractivity contribution in [3.05, 3.63) is 0 Å². The van der Waals surface area contributed by atoms with Crippen molar-refractivity contribution in [1.82, 2.24) is 0 Å². The number of rotatable bonds is 4. The van der Waals surface area contributed by atoms with Crippen LogP contribution < -0.4 is 0 Å². The molecule has 0 heterocycles. The Labute approximate surface area is 84.8 Å². The molecule has 0 radical (unpaired) electrons. The van der Waals surface area contributed by atoms with E-state index in [4.69, 9.17) is 11.2 Å². The van der Waals surface area contributed by atoms with Gasteiger partial charge in [-0.05, 0) is 20.8 Å². The van der Waals surface area contributed by atoms with Crippen LogP contribution in [0.4, 0.5) is 0 Å². The Morgan fingerprint density at radius 1 is 1.36 bits per heavy atom. The van der Waals surface area contributed by atoms with Gasteiger partial charge in [0.05, 0.1) is 0 Å². The second kappa shape index (κ2) is 5.43. The Balaban J connectivity index is 3.85. The van der Waals surface area contributed by atoms with E-state index in [-0.39, 0.29) is 18.6 Å². The minimum atomic E-state index is -0.538. The van der Waals surface area contributed by atoms with Gasteiger partial charge in [0.15, 0.2) is 0 Å². The van der Waals surface area contributed by atoms with Crippen molar-refractivity contribution in [2.75, 3.05) is 0 Å². The van der Waals surface area contributed by atoms with Gasteiger partial charge in [-0.3, -0.25) is 9.59 Å². The molecule has 0 N–H and O–H groups in total. The summed E-state index contributed by atoms with van der Waals surface area (Å²) in [4.78, 5) is 22.2. The van der Waals surface area contributed by atoms with Crippen LogP contribution in [0.5, 0.6) is 0 Å². The maximum absolute atomic E-state index is 11.1. The average Bonchev–Trinajstić information content (AvgIpc) is 1.96. The zero-order valence-electron chi connectivity index (χ0n) is 8.92. The fourth-order valence-electron chi connectivity index (χ4n) is 0.839. The van der Waals surface area contributed by atoms with Crippen molar-refractivity contribution in [1.29, 1.82) is 0 Å². The fourth-order valence-corrected chi connectivity index (χ4v) is 0.839. The van der Waals surface area contributed by atoms with Crippen LogP contribution in [0.3, 0.4) is 0 Å². The molecule has 0 saturated carbocycles. The van der Waals surface area contributed by atoms with Crippen molar-refractivity contribution in [2.45, 2.75) is 45.6 Å². The average molecular weight is 196 g/mol. The highest BCUT2D eigenvalue weighted by Crippen LogP contribution is 2.09. The first-order valence-electron chi connectivity index (χ1n) is 4.52. The van der Waals surface area contributed by atoms with Crippen LogP contribution in [-0.2, 0) is 14.3 Å². The Bertz CT molecular complexity index is 253. The first-order chi connectivity index (χ1) is 6.35. The second-order valence-corrected chi connectivity index (χ2v) is 4.01. The van der Waals surface area contributed by atoms with Gasteiger partial charge >= 0.3 is 5.97 Å². The summed E-state index contributed by atoms with van der Waals surface area (Å²) in [5, 5.41) is 0. The summed E-state index contributed by atoms with van der Waals surface area (Å²) >= 11 is 0. The number of carbonyl (C=O) groups excluding carboxylic acids is 2. The van der Waals surface area contributed by atoms with E-state index < -0.39 is 11.6 Å². The molecule has 3 heteroatoms. The first kappa shape index (κ1) is 12.7. The molecular formula is C11H16O3. The summed E-state index contributed by atoms with van der Waals surface area (Å²) in [5.74, 6) is 1.69. The fraction of sp³-hybridized carbons (Fsp3) is 0.636. The van der Waals surface area contributed by atoms with Gasteiger partial charge in [-0.2, -0.15) is 0 Å². The summed E-state index contributed by atoms with van der Waals surface area (Å²) < 4.78 is 4.98. The number of hydrogen-bond acceptors (Lipinski definition) is 3. The van der Waals surface area contributed by atoms with Crippen molar-refractivity contribution in [3.63, 3.8) is 0 Å². The predicted molar refractivity (Wildman–Crippen MR) is 53.5 cm³/mol. The summed E-state index contributed by atoms with van der Waals surface area (Å²) in [7, 11) is 0. The number of ether oxygens (including phenoxy) is 1. The number of hydrogen-bond donors (Lipinski definition) is 0. The monoisotopic (exact) mass is 196 g/mol. The maximum atomic E-state index is 11.1. The van der Waals surface area contributed by atoms with E-state index in [1.54, 1.807) is 20.8 Å². The van der Waals surface area contributed by atoms with Gasteiger partial charge in [-0.1, -0.05) is 0 Å². The van der Waals surface area contributed by atoms with Gasteiger partial charge in [0.25, 0.3) is 0 Å². The Kier molecular flexibility index (Phi) is 4.93. The highest BCUT2D eigenvalue weighted by molar-refractivity contribution is 5.95. The molecule has 0 saturated heterocycles. The molecule has 14 heavy (non-hydrogen) atoms. The third kappa shape index (κ3) is 7.35. The van der Waals surface area contributed by atoms with Gasteiger partial charge in [0.1, 0.15) is 17.8 Å². The molecule has 0 aromatic heterocycles. The van der Waals surface area contributed by atoms with Gasteiger partial charge in [-0.15, -0.1) is 12.3 Å². The molecule has 78 valence electrons. The largest absolute Gasteiger partial charge is 0.460 e. The number of esters is 1. The van der Waals surface area contributed by atoms with Gasteiger partial charge in [0, 0.05) is 12.8 Å². The normalized spacial score (nSPS) is 10.4. The standard InChI is InChI=1S/C11H16O3/c1-5-6-7-9(12)8-10(13)14-11(2,3)4/h1H,6-8H2,2-4H3. The lowest BCUT2D eigenvalue weighted by molar-refractivity contribution is -0.156. The SMILES string of the molecule is C#CCCC(=O)CC(=O)OC(C)(C)C. The van der Waals surface area contributed by atoms with E-state index in [0.29, 0.717) is 6.42 Å². The van der Waals surface area contributed by atoms with Crippen LogP contribution in [0.2, 0.25) is 0 Å². The van der Waals surface area contributed by atoms with E-state index in [2.05, 4.69) is 5.92 Å². The van der Waals surface area contributed by atoms with Gasteiger partial charge in [-0.25, -0.2) is 0 Å². The molecule has 0 aliphatic rings. The third-order valence-corrected chi connectivity index (χ3v) is 1.31. The topological polar surface area (TPSA) is 43.4 Å². The minimum absolute atomic E-state index is 0.169. The molecular weight excluding hydrogens is 180 g/mol. The van der Waals surface area contributed by atoms with Crippen LogP contribution in [0, 0.1) is 12.3 Å². The van der Waals surface area contributed by atoms with E-state index in [1.807, 2.05) is 0 Å². The summed E-state index contributed by atoms with van der Waals surface area (Å²) in [6.45, 7) is 5.28. The van der Waals surface area contributed by atoms with Crippen molar-refractivity contribution in [3.8, 4) is 12.3 Å². The minimum Gasteiger partial charge on any atom is -0.460 e. The third-order valence-electron chi connectivity index (χ3n) is 1.31. The molecule has 0 bridgehead atoms.